The number of carbonyl (C=O) groups is 1. The van der Waals surface area contributed by atoms with Crippen LogP contribution in [0.3, 0.4) is 0 Å². The van der Waals surface area contributed by atoms with E-state index in [9.17, 15) is 4.79 Å². The molecule has 0 aromatic heterocycles. The monoisotopic (exact) mass is 274 g/mol. The third-order valence-electron chi connectivity index (χ3n) is 2.87. The quantitative estimate of drug-likeness (QED) is 0.747. The van der Waals surface area contributed by atoms with Crippen molar-refractivity contribution in [2.75, 3.05) is 6.61 Å². The highest BCUT2D eigenvalue weighted by atomic mass is 16.5. The number of benzene rings is 1. The Labute approximate surface area is 120 Å². The second-order valence-electron chi connectivity index (χ2n) is 5.01. The lowest BCUT2D eigenvalue weighted by molar-refractivity contribution is 0.0697. The fourth-order valence-corrected chi connectivity index (χ4v) is 1.66. The minimum atomic E-state index is -0.924. The number of carboxylic acid groups (broad SMARTS) is 1. The predicted molar refractivity (Wildman–Crippen MR) is 81.3 cm³/mol. The van der Waals surface area contributed by atoms with E-state index in [0.717, 1.165) is 12.8 Å². The van der Waals surface area contributed by atoms with Crippen molar-refractivity contribution in [1.82, 2.24) is 0 Å². The van der Waals surface area contributed by atoms with Crippen molar-refractivity contribution in [3.8, 4) is 5.75 Å². The molecule has 20 heavy (non-hydrogen) atoms. The molecule has 0 aliphatic carbocycles. The summed E-state index contributed by atoms with van der Waals surface area (Å²) >= 11 is 0. The van der Waals surface area contributed by atoms with Crippen molar-refractivity contribution in [3.05, 3.63) is 53.1 Å². The third-order valence-corrected chi connectivity index (χ3v) is 2.87. The Morgan fingerprint density at radius 3 is 2.35 bits per heavy atom. The number of aromatic carboxylic acids is 1. The molecule has 0 fully saturated rings. The van der Waals surface area contributed by atoms with Gasteiger partial charge >= 0.3 is 5.97 Å². The number of allylic oxidation sites excluding steroid dienone is 3. The number of hydrogen-bond donors (Lipinski definition) is 1. The Kier molecular flexibility index (Phi) is 6.57. The molecule has 3 nitrogen and oxygen atoms in total. The Balaban J connectivity index is 2.39. The summed E-state index contributed by atoms with van der Waals surface area (Å²) in [6.07, 6.45) is 6.37. The van der Waals surface area contributed by atoms with Crippen molar-refractivity contribution < 1.29 is 14.6 Å². The predicted octanol–water partition coefficient (Wildman–Crippen LogP) is 4.46. The molecule has 0 bridgehead atoms. The minimum Gasteiger partial charge on any atom is -0.490 e. The summed E-state index contributed by atoms with van der Waals surface area (Å²) in [5, 5.41) is 8.79. The van der Waals surface area contributed by atoms with Gasteiger partial charge in [0.2, 0.25) is 0 Å². The lowest BCUT2D eigenvalue weighted by atomic mass is 10.1. The van der Waals surface area contributed by atoms with Gasteiger partial charge in [-0.1, -0.05) is 17.2 Å². The summed E-state index contributed by atoms with van der Waals surface area (Å²) in [4.78, 5) is 10.7. The minimum absolute atomic E-state index is 0.269. The highest BCUT2D eigenvalue weighted by molar-refractivity contribution is 5.87. The molecule has 0 saturated heterocycles. The molecule has 0 spiro atoms. The Bertz CT molecular complexity index is 491. The topological polar surface area (TPSA) is 46.5 Å². The molecular formula is C17H22O3. The standard InChI is InChI=1S/C17H22O3/c1-13(2)5-4-6-14(3)11-12-20-16-9-7-15(8-10-16)17(18)19/h5,7-11H,4,6,12H2,1-3H3,(H,18,19)/b14-11-. The van der Waals surface area contributed by atoms with Gasteiger partial charge in [0.15, 0.2) is 0 Å². The summed E-state index contributed by atoms with van der Waals surface area (Å²) in [5.74, 6) is -0.241. The van der Waals surface area contributed by atoms with E-state index in [1.54, 1.807) is 24.3 Å². The van der Waals surface area contributed by atoms with Crippen LogP contribution in [0.25, 0.3) is 0 Å². The molecule has 1 aromatic rings. The van der Waals surface area contributed by atoms with Gasteiger partial charge in [-0.3, -0.25) is 0 Å². The summed E-state index contributed by atoms with van der Waals surface area (Å²) in [6.45, 7) is 6.80. The maximum absolute atomic E-state index is 10.7. The zero-order valence-electron chi connectivity index (χ0n) is 12.3. The van der Waals surface area contributed by atoms with E-state index >= 15 is 0 Å². The summed E-state index contributed by atoms with van der Waals surface area (Å²) in [7, 11) is 0. The number of carboxylic acids is 1. The van der Waals surface area contributed by atoms with Gasteiger partial charge in [0.05, 0.1) is 5.56 Å². The van der Waals surface area contributed by atoms with Crippen LogP contribution in [-0.4, -0.2) is 17.7 Å². The van der Waals surface area contributed by atoms with Crippen LogP contribution in [-0.2, 0) is 0 Å². The number of rotatable bonds is 7. The van der Waals surface area contributed by atoms with E-state index in [4.69, 9.17) is 9.84 Å². The number of ether oxygens (including phenoxy) is 1. The molecule has 0 amide bonds. The molecule has 0 unspecified atom stereocenters. The first-order valence-corrected chi connectivity index (χ1v) is 6.74. The highest BCUT2D eigenvalue weighted by Crippen LogP contribution is 2.13. The highest BCUT2D eigenvalue weighted by Gasteiger charge is 2.01. The van der Waals surface area contributed by atoms with Crippen LogP contribution in [0.4, 0.5) is 0 Å². The van der Waals surface area contributed by atoms with Crippen LogP contribution in [0, 0.1) is 0 Å². The Morgan fingerprint density at radius 1 is 1.15 bits per heavy atom. The summed E-state index contributed by atoms with van der Waals surface area (Å²) in [6, 6.07) is 6.44. The lowest BCUT2D eigenvalue weighted by Gasteiger charge is -2.05. The fourth-order valence-electron chi connectivity index (χ4n) is 1.66. The molecule has 0 atom stereocenters. The van der Waals surface area contributed by atoms with E-state index in [1.807, 2.05) is 0 Å². The molecule has 0 heterocycles. The lowest BCUT2D eigenvalue weighted by Crippen LogP contribution is -1.98. The second kappa shape index (κ2) is 8.20. The van der Waals surface area contributed by atoms with E-state index in [1.165, 1.54) is 11.1 Å². The normalized spacial score (nSPS) is 11.1. The fraction of sp³-hybridized carbons (Fsp3) is 0.353. The van der Waals surface area contributed by atoms with Crippen molar-refractivity contribution in [3.63, 3.8) is 0 Å². The van der Waals surface area contributed by atoms with E-state index < -0.39 is 5.97 Å². The zero-order valence-corrected chi connectivity index (χ0v) is 12.3. The molecule has 1 rings (SSSR count). The first-order chi connectivity index (χ1) is 9.49. The van der Waals surface area contributed by atoms with Crippen molar-refractivity contribution in [2.45, 2.75) is 33.6 Å². The van der Waals surface area contributed by atoms with Gasteiger partial charge in [0.25, 0.3) is 0 Å². The van der Waals surface area contributed by atoms with E-state index in [2.05, 4.69) is 32.9 Å². The van der Waals surface area contributed by atoms with Crippen LogP contribution < -0.4 is 4.74 Å². The molecule has 1 aromatic carbocycles. The van der Waals surface area contributed by atoms with Crippen LogP contribution >= 0.6 is 0 Å². The maximum Gasteiger partial charge on any atom is 0.335 e. The molecule has 0 aliphatic rings. The van der Waals surface area contributed by atoms with E-state index in [0.29, 0.717) is 12.4 Å². The largest absolute Gasteiger partial charge is 0.490 e. The molecule has 0 aliphatic heterocycles. The van der Waals surface area contributed by atoms with Gasteiger partial charge in [-0.05, 0) is 64.0 Å². The van der Waals surface area contributed by atoms with Gasteiger partial charge in [-0.15, -0.1) is 0 Å². The van der Waals surface area contributed by atoms with Gasteiger partial charge in [0, 0.05) is 0 Å². The summed E-state index contributed by atoms with van der Waals surface area (Å²) < 4.78 is 5.55. The van der Waals surface area contributed by atoms with Gasteiger partial charge in [-0.25, -0.2) is 4.79 Å². The van der Waals surface area contributed by atoms with Crippen LogP contribution in [0.2, 0.25) is 0 Å². The first kappa shape index (κ1) is 16.0. The molecular weight excluding hydrogens is 252 g/mol. The Hall–Kier alpha value is -2.03. The van der Waals surface area contributed by atoms with E-state index in [-0.39, 0.29) is 5.56 Å². The molecule has 1 N–H and O–H groups in total. The average Bonchev–Trinajstić information content (AvgIpc) is 2.39. The SMILES string of the molecule is CC(C)=CCC/C(C)=C\COc1ccc(C(=O)O)cc1. The maximum atomic E-state index is 10.7. The molecule has 3 heteroatoms. The van der Waals surface area contributed by atoms with Crippen LogP contribution in [0.1, 0.15) is 44.0 Å². The molecule has 0 saturated carbocycles. The van der Waals surface area contributed by atoms with Crippen LogP contribution in [0.5, 0.6) is 5.75 Å². The second-order valence-corrected chi connectivity index (χ2v) is 5.01. The average molecular weight is 274 g/mol. The molecule has 0 radical (unpaired) electrons. The van der Waals surface area contributed by atoms with Gasteiger partial charge in [-0.2, -0.15) is 0 Å². The van der Waals surface area contributed by atoms with Crippen molar-refractivity contribution in [1.29, 1.82) is 0 Å². The van der Waals surface area contributed by atoms with Crippen molar-refractivity contribution in [2.24, 2.45) is 0 Å². The van der Waals surface area contributed by atoms with Crippen LogP contribution in [0.15, 0.2) is 47.6 Å². The zero-order chi connectivity index (χ0) is 15.0. The summed E-state index contributed by atoms with van der Waals surface area (Å²) in [5.41, 5.74) is 2.91. The van der Waals surface area contributed by atoms with Gasteiger partial charge < -0.3 is 9.84 Å². The smallest absolute Gasteiger partial charge is 0.335 e. The first-order valence-electron chi connectivity index (χ1n) is 6.74. The third kappa shape index (κ3) is 6.23. The molecule has 108 valence electrons. The van der Waals surface area contributed by atoms with Crippen molar-refractivity contribution >= 4 is 5.97 Å². The number of hydrogen-bond acceptors (Lipinski definition) is 2. The van der Waals surface area contributed by atoms with Gasteiger partial charge in [0.1, 0.15) is 12.4 Å². The Morgan fingerprint density at radius 2 is 1.80 bits per heavy atom.